The SMILES string of the molecule is N#C/C(=C\c1ccsc1)C(=O)c1ccccc1F. The standard InChI is InChI=1S/C14H8FNOS/c15-13-4-2-1-3-12(13)14(17)11(8-16)7-10-5-6-18-9-10/h1-7,9H/b11-7+. The maximum atomic E-state index is 13.5. The Bertz CT molecular complexity index is 638. The molecule has 1 aromatic carbocycles. The van der Waals surface area contributed by atoms with Crippen LogP contribution in [0.5, 0.6) is 0 Å². The molecule has 0 aliphatic heterocycles. The van der Waals surface area contributed by atoms with Crippen LogP contribution in [0.2, 0.25) is 0 Å². The number of carbonyl (C=O) groups excluding carboxylic acids is 1. The maximum Gasteiger partial charge on any atom is 0.206 e. The molecule has 4 heteroatoms. The van der Waals surface area contributed by atoms with E-state index in [1.807, 2.05) is 16.8 Å². The lowest BCUT2D eigenvalue weighted by molar-refractivity contribution is 0.103. The van der Waals surface area contributed by atoms with Crippen molar-refractivity contribution in [3.8, 4) is 6.07 Å². The number of halogens is 1. The summed E-state index contributed by atoms with van der Waals surface area (Å²) in [7, 11) is 0. The summed E-state index contributed by atoms with van der Waals surface area (Å²) in [5, 5.41) is 12.6. The molecule has 0 atom stereocenters. The Morgan fingerprint density at radius 1 is 1.33 bits per heavy atom. The highest BCUT2D eigenvalue weighted by Crippen LogP contribution is 2.16. The molecule has 0 aliphatic carbocycles. The third-order valence-corrected chi connectivity index (χ3v) is 3.04. The molecular weight excluding hydrogens is 249 g/mol. The molecule has 0 spiro atoms. The number of hydrogen-bond donors (Lipinski definition) is 0. The van der Waals surface area contributed by atoms with E-state index in [2.05, 4.69) is 0 Å². The number of ketones is 1. The van der Waals surface area contributed by atoms with Crippen LogP contribution in [0.25, 0.3) is 6.08 Å². The molecule has 0 saturated carbocycles. The quantitative estimate of drug-likeness (QED) is 0.478. The molecule has 2 rings (SSSR count). The first kappa shape index (κ1) is 12.2. The van der Waals surface area contributed by atoms with Crippen LogP contribution in [-0.2, 0) is 0 Å². The first-order valence-corrected chi connectivity index (χ1v) is 6.10. The second-order valence-corrected chi connectivity index (χ2v) is 4.32. The Morgan fingerprint density at radius 3 is 2.72 bits per heavy atom. The summed E-state index contributed by atoms with van der Waals surface area (Å²) in [6.45, 7) is 0. The maximum absolute atomic E-state index is 13.5. The minimum atomic E-state index is -0.617. The van der Waals surface area contributed by atoms with E-state index in [1.165, 1.54) is 35.6 Å². The van der Waals surface area contributed by atoms with Gasteiger partial charge in [0.05, 0.1) is 5.56 Å². The van der Waals surface area contributed by atoms with Crippen molar-refractivity contribution in [2.75, 3.05) is 0 Å². The van der Waals surface area contributed by atoms with Crippen LogP contribution in [0.1, 0.15) is 15.9 Å². The number of nitrogens with zero attached hydrogens (tertiary/aromatic N) is 1. The Hall–Kier alpha value is -2.25. The van der Waals surface area contributed by atoms with Crippen molar-refractivity contribution in [3.05, 3.63) is 63.6 Å². The van der Waals surface area contributed by atoms with Crippen LogP contribution in [0.15, 0.2) is 46.7 Å². The highest BCUT2D eigenvalue weighted by Gasteiger charge is 2.15. The number of rotatable bonds is 3. The zero-order chi connectivity index (χ0) is 13.0. The van der Waals surface area contributed by atoms with Gasteiger partial charge in [-0.2, -0.15) is 16.6 Å². The molecule has 1 heterocycles. The summed E-state index contributed by atoms with van der Waals surface area (Å²) in [6, 6.07) is 9.24. The first-order chi connectivity index (χ1) is 8.72. The van der Waals surface area contributed by atoms with E-state index in [-0.39, 0.29) is 11.1 Å². The predicted molar refractivity (Wildman–Crippen MR) is 68.6 cm³/mol. The number of Topliss-reactive ketones (excluding diaryl/α,β-unsaturated/α-hetero) is 1. The van der Waals surface area contributed by atoms with Gasteiger partial charge in [0.15, 0.2) is 0 Å². The largest absolute Gasteiger partial charge is 0.288 e. The number of nitriles is 1. The second-order valence-electron chi connectivity index (χ2n) is 3.54. The molecule has 0 fully saturated rings. The van der Waals surface area contributed by atoms with Gasteiger partial charge in [-0.1, -0.05) is 12.1 Å². The van der Waals surface area contributed by atoms with Crippen molar-refractivity contribution in [3.63, 3.8) is 0 Å². The fourth-order valence-electron chi connectivity index (χ4n) is 1.46. The lowest BCUT2D eigenvalue weighted by Crippen LogP contribution is -2.04. The van der Waals surface area contributed by atoms with Gasteiger partial charge < -0.3 is 0 Å². The molecule has 0 bridgehead atoms. The molecule has 2 nitrogen and oxygen atoms in total. The number of thiophene rings is 1. The molecule has 0 radical (unpaired) electrons. The van der Waals surface area contributed by atoms with Crippen LogP contribution in [-0.4, -0.2) is 5.78 Å². The van der Waals surface area contributed by atoms with Crippen LogP contribution in [0.4, 0.5) is 4.39 Å². The van der Waals surface area contributed by atoms with E-state index in [4.69, 9.17) is 5.26 Å². The van der Waals surface area contributed by atoms with Crippen molar-refractivity contribution < 1.29 is 9.18 Å². The van der Waals surface area contributed by atoms with Gasteiger partial charge in [0.1, 0.15) is 17.5 Å². The number of allylic oxidation sites excluding steroid dienone is 1. The van der Waals surface area contributed by atoms with Crippen molar-refractivity contribution >= 4 is 23.2 Å². The zero-order valence-corrected chi connectivity index (χ0v) is 10.1. The molecule has 0 unspecified atom stereocenters. The van der Waals surface area contributed by atoms with Crippen LogP contribution in [0.3, 0.4) is 0 Å². The average Bonchev–Trinajstić information content (AvgIpc) is 2.88. The summed E-state index contributed by atoms with van der Waals surface area (Å²) in [4.78, 5) is 12.0. The fourth-order valence-corrected chi connectivity index (χ4v) is 2.08. The van der Waals surface area contributed by atoms with E-state index in [0.717, 1.165) is 5.56 Å². The fraction of sp³-hybridized carbons (Fsp3) is 0. The topological polar surface area (TPSA) is 40.9 Å². The van der Waals surface area contributed by atoms with Crippen LogP contribution in [0, 0.1) is 17.1 Å². The van der Waals surface area contributed by atoms with Gasteiger partial charge >= 0.3 is 0 Å². The Morgan fingerprint density at radius 2 is 2.11 bits per heavy atom. The summed E-state index contributed by atoms with van der Waals surface area (Å²) < 4.78 is 13.5. The lowest BCUT2D eigenvalue weighted by atomic mass is 10.0. The third kappa shape index (κ3) is 2.53. The lowest BCUT2D eigenvalue weighted by Gasteiger charge is -2.00. The van der Waals surface area contributed by atoms with Gasteiger partial charge in [-0.3, -0.25) is 4.79 Å². The molecular formula is C14H8FNOS. The molecule has 2 aromatic rings. The van der Waals surface area contributed by atoms with Gasteiger partial charge in [-0.25, -0.2) is 4.39 Å². The van der Waals surface area contributed by atoms with Gasteiger partial charge in [-0.05, 0) is 40.6 Å². The third-order valence-electron chi connectivity index (χ3n) is 2.34. The first-order valence-electron chi connectivity index (χ1n) is 5.15. The van der Waals surface area contributed by atoms with Gasteiger partial charge in [0.25, 0.3) is 0 Å². The predicted octanol–water partition coefficient (Wildman–Crippen LogP) is 3.68. The average molecular weight is 257 g/mol. The van der Waals surface area contributed by atoms with Gasteiger partial charge in [0, 0.05) is 0 Å². The highest BCUT2D eigenvalue weighted by atomic mass is 32.1. The van der Waals surface area contributed by atoms with E-state index < -0.39 is 11.6 Å². The molecule has 1 aromatic heterocycles. The van der Waals surface area contributed by atoms with E-state index in [0.29, 0.717) is 0 Å². The minimum absolute atomic E-state index is 0.0708. The molecule has 0 saturated heterocycles. The second kappa shape index (κ2) is 5.39. The van der Waals surface area contributed by atoms with E-state index in [1.54, 1.807) is 12.1 Å². The number of benzene rings is 1. The number of carbonyl (C=O) groups is 1. The normalized spacial score (nSPS) is 11.0. The number of hydrogen-bond acceptors (Lipinski definition) is 3. The Labute approximate surface area is 108 Å². The molecule has 18 heavy (non-hydrogen) atoms. The summed E-state index contributed by atoms with van der Waals surface area (Å²) in [5.74, 6) is -1.21. The summed E-state index contributed by atoms with van der Waals surface area (Å²) in [5.41, 5.74) is 0.611. The molecule has 0 N–H and O–H groups in total. The van der Waals surface area contributed by atoms with Crippen molar-refractivity contribution in [1.82, 2.24) is 0 Å². The van der Waals surface area contributed by atoms with E-state index >= 15 is 0 Å². The van der Waals surface area contributed by atoms with Crippen LogP contribution >= 0.6 is 11.3 Å². The molecule has 88 valence electrons. The smallest absolute Gasteiger partial charge is 0.206 e. The zero-order valence-electron chi connectivity index (χ0n) is 9.26. The monoisotopic (exact) mass is 257 g/mol. The minimum Gasteiger partial charge on any atom is -0.288 e. The molecule has 0 amide bonds. The Balaban J connectivity index is 2.39. The van der Waals surface area contributed by atoms with Gasteiger partial charge in [0.2, 0.25) is 5.78 Å². The van der Waals surface area contributed by atoms with Crippen molar-refractivity contribution in [2.24, 2.45) is 0 Å². The van der Waals surface area contributed by atoms with Crippen LogP contribution < -0.4 is 0 Å². The van der Waals surface area contributed by atoms with Crippen molar-refractivity contribution in [2.45, 2.75) is 0 Å². The highest BCUT2D eigenvalue weighted by molar-refractivity contribution is 7.08. The van der Waals surface area contributed by atoms with E-state index in [9.17, 15) is 9.18 Å². The van der Waals surface area contributed by atoms with Crippen molar-refractivity contribution in [1.29, 1.82) is 5.26 Å². The van der Waals surface area contributed by atoms with Gasteiger partial charge in [-0.15, -0.1) is 0 Å². The summed E-state index contributed by atoms with van der Waals surface area (Å²) in [6.07, 6.45) is 1.46. The Kier molecular flexibility index (Phi) is 3.66. The molecule has 0 aliphatic rings. The summed E-state index contributed by atoms with van der Waals surface area (Å²) >= 11 is 1.46.